The van der Waals surface area contributed by atoms with E-state index in [1.807, 2.05) is 0 Å². The molecule has 0 aliphatic rings. The Bertz CT molecular complexity index is 746. The quantitative estimate of drug-likeness (QED) is 0.614. The molecule has 0 bridgehead atoms. The average molecular weight is 392 g/mol. The highest BCUT2D eigenvalue weighted by atomic mass is 35.5. The molecule has 0 radical (unpaired) electrons. The van der Waals surface area contributed by atoms with Crippen molar-refractivity contribution >= 4 is 23.5 Å². The topological polar surface area (TPSA) is 65.1 Å². The maximum atomic E-state index is 12.1. The Morgan fingerprint density at radius 3 is 2.33 bits per heavy atom. The fourth-order valence-corrected chi connectivity index (χ4v) is 2.31. The summed E-state index contributed by atoms with van der Waals surface area (Å²) in [6.45, 7) is 0.830. The largest absolute Gasteiger partial charge is 0.492 e. The summed E-state index contributed by atoms with van der Waals surface area (Å²) in [5.41, 5.74) is 1.34. The zero-order valence-corrected chi connectivity index (χ0v) is 16.1. The summed E-state index contributed by atoms with van der Waals surface area (Å²) in [5, 5.41) is 0.629. The number of hydrogen-bond donors (Lipinski definition) is 0. The summed E-state index contributed by atoms with van der Waals surface area (Å²) in [6.07, 6.45) is 0. The number of ether oxygens (including phenoxy) is 3. The molecule has 0 aromatic heterocycles. The van der Waals surface area contributed by atoms with Crippen molar-refractivity contribution in [3.63, 3.8) is 0 Å². The van der Waals surface area contributed by atoms with Gasteiger partial charge in [0.05, 0.1) is 18.7 Å². The van der Waals surface area contributed by atoms with Crippen molar-refractivity contribution in [2.45, 2.75) is 6.61 Å². The van der Waals surface area contributed by atoms with E-state index < -0.39 is 5.97 Å². The first-order valence-electron chi connectivity index (χ1n) is 8.37. The molecule has 0 spiro atoms. The van der Waals surface area contributed by atoms with E-state index in [2.05, 4.69) is 0 Å². The number of benzene rings is 2. The van der Waals surface area contributed by atoms with Crippen LogP contribution >= 0.6 is 11.6 Å². The number of nitrogens with zero attached hydrogens (tertiary/aromatic N) is 1. The standard InChI is InChI=1S/C20H22ClNO5/c1-22(11-12-26-18-9-7-17(21)8-10-18)19(23)14-27-20(24)16-5-3-15(4-6-16)13-25-2/h3-10H,11-14H2,1-2H3. The van der Waals surface area contributed by atoms with Gasteiger partial charge in [-0.05, 0) is 42.0 Å². The molecular formula is C20H22ClNO5. The van der Waals surface area contributed by atoms with Crippen molar-refractivity contribution in [2.24, 2.45) is 0 Å². The molecule has 2 rings (SSSR count). The maximum Gasteiger partial charge on any atom is 0.338 e. The summed E-state index contributed by atoms with van der Waals surface area (Å²) in [4.78, 5) is 25.5. The van der Waals surface area contributed by atoms with Crippen LogP contribution in [0.1, 0.15) is 15.9 Å². The van der Waals surface area contributed by atoms with Crippen LogP contribution in [0.15, 0.2) is 48.5 Å². The van der Waals surface area contributed by atoms with Gasteiger partial charge in [0.15, 0.2) is 6.61 Å². The molecule has 0 atom stereocenters. The lowest BCUT2D eigenvalue weighted by atomic mass is 10.1. The molecule has 2 aromatic carbocycles. The van der Waals surface area contributed by atoms with E-state index in [1.165, 1.54) is 4.90 Å². The van der Waals surface area contributed by atoms with Crippen LogP contribution in [0.2, 0.25) is 5.02 Å². The molecule has 27 heavy (non-hydrogen) atoms. The minimum absolute atomic E-state index is 0.306. The van der Waals surface area contributed by atoms with E-state index in [9.17, 15) is 9.59 Å². The number of hydrogen-bond acceptors (Lipinski definition) is 5. The highest BCUT2D eigenvalue weighted by Crippen LogP contribution is 2.15. The van der Waals surface area contributed by atoms with E-state index in [0.29, 0.717) is 36.1 Å². The number of halogens is 1. The number of rotatable bonds is 9. The van der Waals surface area contributed by atoms with Crippen LogP contribution in [0.25, 0.3) is 0 Å². The van der Waals surface area contributed by atoms with Gasteiger partial charge in [-0.1, -0.05) is 23.7 Å². The number of esters is 1. The van der Waals surface area contributed by atoms with Crippen molar-refractivity contribution < 1.29 is 23.8 Å². The monoisotopic (exact) mass is 391 g/mol. The number of carbonyl (C=O) groups is 2. The van der Waals surface area contributed by atoms with Crippen molar-refractivity contribution in [1.29, 1.82) is 0 Å². The third-order valence-electron chi connectivity index (χ3n) is 3.76. The Morgan fingerprint density at radius 1 is 1.04 bits per heavy atom. The first kappa shape index (κ1) is 20.7. The molecule has 0 N–H and O–H groups in total. The summed E-state index contributed by atoms with van der Waals surface area (Å²) >= 11 is 5.81. The first-order chi connectivity index (χ1) is 13.0. The smallest absolute Gasteiger partial charge is 0.338 e. The molecule has 1 amide bonds. The van der Waals surface area contributed by atoms with E-state index in [4.69, 9.17) is 25.8 Å². The Hall–Kier alpha value is -2.57. The maximum absolute atomic E-state index is 12.1. The van der Waals surface area contributed by atoms with Crippen molar-refractivity contribution in [3.8, 4) is 5.75 Å². The van der Waals surface area contributed by atoms with Gasteiger partial charge in [-0.25, -0.2) is 4.79 Å². The van der Waals surface area contributed by atoms with Gasteiger partial charge in [0.25, 0.3) is 5.91 Å². The first-order valence-corrected chi connectivity index (χ1v) is 8.74. The molecule has 0 unspecified atom stereocenters. The zero-order chi connectivity index (χ0) is 19.6. The summed E-state index contributed by atoms with van der Waals surface area (Å²) in [7, 11) is 3.23. The third kappa shape index (κ3) is 6.92. The van der Waals surface area contributed by atoms with Crippen LogP contribution in [0.5, 0.6) is 5.75 Å². The fourth-order valence-electron chi connectivity index (χ4n) is 2.18. The van der Waals surface area contributed by atoms with Crippen LogP contribution in [0, 0.1) is 0 Å². The van der Waals surface area contributed by atoms with Gasteiger partial charge in [0.1, 0.15) is 12.4 Å². The molecular weight excluding hydrogens is 370 g/mol. The lowest BCUT2D eigenvalue weighted by Gasteiger charge is -2.17. The van der Waals surface area contributed by atoms with E-state index in [1.54, 1.807) is 62.7 Å². The molecule has 7 heteroatoms. The normalized spacial score (nSPS) is 10.3. The predicted octanol–water partition coefficient (Wildman–Crippen LogP) is 3.18. The Balaban J connectivity index is 1.71. The minimum Gasteiger partial charge on any atom is -0.492 e. The second-order valence-electron chi connectivity index (χ2n) is 5.82. The van der Waals surface area contributed by atoms with Crippen LogP contribution in [-0.4, -0.2) is 50.7 Å². The molecule has 0 saturated heterocycles. The SMILES string of the molecule is COCc1ccc(C(=O)OCC(=O)N(C)CCOc2ccc(Cl)cc2)cc1. The predicted molar refractivity (Wildman–Crippen MR) is 102 cm³/mol. The molecule has 0 heterocycles. The Labute approximate surface area is 163 Å². The van der Waals surface area contributed by atoms with Gasteiger partial charge in [-0.15, -0.1) is 0 Å². The fraction of sp³-hybridized carbons (Fsp3) is 0.300. The molecule has 0 saturated carbocycles. The highest BCUT2D eigenvalue weighted by Gasteiger charge is 2.13. The van der Waals surface area contributed by atoms with Crippen LogP contribution < -0.4 is 4.74 Å². The van der Waals surface area contributed by atoms with Gasteiger partial charge >= 0.3 is 5.97 Å². The lowest BCUT2D eigenvalue weighted by Crippen LogP contribution is -2.34. The number of likely N-dealkylation sites (N-methyl/N-ethyl adjacent to an activating group) is 1. The zero-order valence-electron chi connectivity index (χ0n) is 15.3. The summed E-state index contributed by atoms with van der Waals surface area (Å²) in [6, 6.07) is 13.8. The molecule has 0 aliphatic heterocycles. The summed E-state index contributed by atoms with van der Waals surface area (Å²) in [5.74, 6) is -0.180. The lowest BCUT2D eigenvalue weighted by molar-refractivity contribution is -0.133. The van der Waals surface area contributed by atoms with Gasteiger partial charge in [-0.2, -0.15) is 0 Å². The van der Waals surface area contributed by atoms with E-state index >= 15 is 0 Å². The van der Waals surface area contributed by atoms with Crippen molar-refractivity contribution in [2.75, 3.05) is 33.9 Å². The van der Waals surface area contributed by atoms with Crippen molar-refractivity contribution in [3.05, 3.63) is 64.7 Å². The molecule has 144 valence electrons. The second kappa shape index (κ2) is 10.5. The van der Waals surface area contributed by atoms with Gasteiger partial charge in [-0.3, -0.25) is 4.79 Å². The van der Waals surface area contributed by atoms with Crippen LogP contribution in [-0.2, 0) is 20.9 Å². The van der Waals surface area contributed by atoms with E-state index in [0.717, 1.165) is 5.56 Å². The van der Waals surface area contributed by atoms with Crippen LogP contribution in [0.3, 0.4) is 0 Å². The molecule has 6 nitrogen and oxygen atoms in total. The highest BCUT2D eigenvalue weighted by molar-refractivity contribution is 6.30. The average Bonchev–Trinajstić information content (AvgIpc) is 2.68. The van der Waals surface area contributed by atoms with Gasteiger partial charge < -0.3 is 19.1 Å². The van der Waals surface area contributed by atoms with Gasteiger partial charge in [0.2, 0.25) is 0 Å². The number of methoxy groups -OCH3 is 1. The van der Waals surface area contributed by atoms with Crippen LogP contribution in [0.4, 0.5) is 0 Å². The van der Waals surface area contributed by atoms with E-state index in [-0.39, 0.29) is 12.5 Å². The molecule has 0 fully saturated rings. The number of carbonyl (C=O) groups excluding carboxylic acids is 2. The third-order valence-corrected chi connectivity index (χ3v) is 4.01. The van der Waals surface area contributed by atoms with Crippen molar-refractivity contribution in [1.82, 2.24) is 4.90 Å². The Kier molecular flexibility index (Phi) is 8.10. The van der Waals surface area contributed by atoms with Gasteiger partial charge in [0, 0.05) is 19.2 Å². The molecule has 0 aliphatic carbocycles. The second-order valence-corrected chi connectivity index (χ2v) is 6.26. The molecule has 2 aromatic rings. The Morgan fingerprint density at radius 2 is 1.70 bits per heavy atom. The minimum atomic E-state index is -0.543. The number of amides is 1. The summed E-state index contributed by atoms with van der Waals surface area (Å²) < 4.78 is 15.6.